The number of hydrogen-bond donors (Lipinski definition) is 0. The molecule has 0 fully saturated rings. The Morgan fingerprint density at radius 2 is 1.52 bits per heavy atom. The van der Waals surface area contributed by atoms with Crippen molar-refractivity contribution in [3.05, 3.63) is 46.0 Å². The summed E-state index contributed by atoms with van der Waals surface area (Å²) in [6.07, 6.45) is 0. The van der Waals surface area contributed by atoms with Crippen LogP contribution in [0.25, 0.3) is 21.9 Å². The number of benzene rings is 2. The second kappa shape index (κ2) is 4.19. The fourth-order valence-electron chi connectivity index (χ4n) is 3.24. The third-order valence-electron chi connectivity index (χ3n) is 4.34. The number of aryl methyl sites for hydroxylation is 1. The molecule has 2 aromatic carbocycles. The lowest BCUT2D eigenvalue weighted by atomic mass is 9.88. The van der Waals surface area contributed by atoms with Gasteiger partial charge in [-0.2, -0.15) is 0 Å². The minimum Gasteiger partial charge on any atom is -0.545 e. The first-order valence-corrected chi connectivity index (χ1v) is 6.56. The maximum Gasteiger partial charge on any atom is 0.0728 e. The molecule has 0 saturated heterocycles. The summed E-state index contributed by atoms with van der Waals surface area (Å²) in [6.45, 7) is 5.30. The topological polar surface area (TPSA) is 80.3 Å². The Labute approximate surface area is 121 Å². The number of rotatable bonds is 2. The average Bonchev–Trinajstić information content (AvgIpc) is 2.67. The smallest absolute Gasteiger partial charge is 0.0728 e. The van der Waals surface area contributed by atoms with E-state index in [4.69, 9.17) is 0 Å². The Kier molecular flexibility index (Phi) is 2.66. The van der Waals surface area contributed by atoms with Crippen LogP contribution in [0.15, 0.2) is 18.2 Å². The van der Waals surface area contributed by atoms with Gasteiger partial charge in [0.1, 0.15) is 0 Å². The van der Waals surface area contributed by atoms with E-state index < -0.39 is 11.9 Å². The van der Waals surface area contributed by atoms with Gasteiger partial charge in [0.05, 0.1) is 11.9 Å². The molecule has 2 aromatic rings. The van der Waals surface area contributed by atoms with Crippen molar-refractivity contribution in [2.45, 2.75) is 20.8 Å². The number of hydrogen-bond acceptors (Lipinski definition) is 4. The van der Waals surface area contributed by atoms with Crippen molar-refractivity contribution >= 4 is 33.9 Å². The molecule has 21 heavy (non-hydrogen) atoms. The third-order valence-corrected chi connectivity index (χ3v) is 4.34. The highest BCUT2D eigenvalue weighted by Gasteiger charge is 2.26. The molecule has 0 unspecified atom stereocenters. The van der Waals surface area contributed by atoms with Gasteiger partial charge in [-0.15, -0.1) is 0 Å². The van der Waals surface area contributed by atoms with Gasteiger partial charge in [-0.05, 0) is 59.4 Å². The lowest BCUT2D eigenvalue weighted by Gasteiger charge is -2.21. The zero-order valence-electron chi connectivity index (χ0n) is 11.9. The van der Waals surface area contributed by atoms with Gasteiger partial charge < -0.3 is 19.8 Å². The normalized spacial score (nSPS) is 13.1. The molecule has 0 amide bonds. The number of carboxylic acid groups (broad SMARTS) is 2. The van der Waals surface area contributed by atoms with E-state index in [2.05, 4.69) is 0 Å². The van der Waals surface area contributed by atoms with Crippen LogP contribution < -0.4 is 10.2 Å². The zero-order valence-corrected chi connectivity index (χ0v) is 11.9. The van der Waals surface area contributed by atoms with Crippen LogP contribution in [0.4, 0.5) is 0 Å². The van der Waals surface area contributed by atoms with Crippen molar-refractivity contribution in [2.24, 2.45) is 0 Å². The monoisotopic (exact) mass is 280 g/mol. The number of carbonyl (C=O) groups is 2. The number of carboxylic acids is 2. The van der Waals surface area contributed by atoms with E-state index in [0.717, 1.165) is 27.5 Å². The fourth-order valence-corrected chi connectivity index (χ4v) is 3.24. The van der Waals surface area contributed by atoms with Gasteiger partial charge in [0.15, 0.2) is 0 Å². The first-order chi connectivity index (χ1) is 9.86. The average molecular weight is 280 g/mol. The van der Waals surface area contributed by atoms with Gasteiger partial charge in [-0.25, -0.2) is 0 Å². The van der Waals surface area contributed by atoms with Crippen LogP contribution in [-0.2, 0) is 0 Å². The second-order valence-electron chi connectivity index (χ2n) is 5.30. The summed E-state index contributed by atoms with van der Waals surface area (Å²) in [6, 6.07) is 5.55. The van der Waals surface area contributed by atoms with Crippen molar-refractivity contribution in [1.29, 1.82) is 0 Å². The molecule has 0 aliphatic heterocycles. The number of carbonyl (C=O) groups excluding carboxylic acids is 2. The van der Waals surface area contributed by atoms with Crippen molar-refractivity contribution in [3.8, 4) is 0 Å². The SMILES string of the molecule is CC1=C(C)c2c(C(=O)[O-])c(C(=O)[O-])c(C)c3cccc1c23. The number of allylic oxidation sites excluding steroid dienone is 2. The molecule has 0 atom stereocenters. The molecule has 4 heteroatoms. The first kappa shape index (κ1) is 13.4. The number of aromatic carboxylic acids is 2. The van der Waals surface area contributed by atoms with Gasteiger partial charge in [0, 0.05) is 11.1 Å². The van der Waals surface area contributed by atoms with Crippen LogP contribution in [-0.4, -0.2) is 11.9 Å². The standard InChI is InChI=1S/C17H14O4/c1-7-8(2)12-14-10(7)5-4-6-11(14)9(3)13(16(18)19)15(12)17(20)21/h4-6H,1-3H3,(H,18,19)(H,20,21)/p-2. The highest BCUT2D eigenvalue weighted by Crippen LogP contribution is 2.45. The van der Waals surface area contributed by atoms with E-state index in [1.807, 2.05) is 19.1 Å². The fraction of sp³-hybridized carbons (Fsp3) is 0.176. The van der Waals surface area contributed by atoms with Gasteiger partial charge >= 0.3 is 0 Å². The molecule has 4 nitrogen and oxygen atoms in total. The van der Waals surface area contributed by atoms with E-state index in [-0.39, 0.29) is 11.1 Å². The molecule has 3 rings (SSSR count). The first-order valence-electron chi connectivity index (χ1n) is 6.56. The summed E-state index contributed by atoms with van der Waals surface area (Å²) >= 11 is 0. The van der Waals surface area contributed by atoms with Gasteiger partial charge in [0.25, 0.3) is 0 Å². The van der Waals surface area contributed by atoms with E-state index in [1.54, 1.807) is 19.9 Å². The molecule has 106 valence electrons. The van der Waals surface area contributed by atoms with E-state index in [0.29, 0.717) is 11.1 Å². The zero-order chi connectivity index (χ0) is 15.5. The van der Waals surface area contributed by atoms with Crippen molar-refractivity contribution in [3.63, 3.8) is 0 Å². The van der Waals surface area contributed by atoms with Crippen LogP contribution >= 0.6 is 0 Å². The summed E-state index contributed by atoms with van der Waals surface area (Å²) in [5.41, 5.74) is 2.94. The quantitative estimate of drug-likeness (QED) is 0.826. The van der Waals surface area contributed by atoms with Gasteiger partial charge in [-0.1, -0.05) is 18.2 Å². The van der Waals surface area contributed by atoms with E-state index in [9.17, 15) is 19.8 Å². The van der Waals surface area contributed by atoms with Gasteiger partial charge in [-0.3, -0.25) is 0 Å². The van der Waals surface area contributed by atoms with Crippen LogP contribution in [0, 0.1) is 6.92 Å². The highest BCUT2D eigenvalue weighted by atomic mass is 16.4. The molecule has 1 aliphatic rings. The Morgan fingerprint density at radius 3 is 2.10 bits per heavy atom. The summed E-state index contributed by atoms with van der Waals surface area (Å²) in [4.78, 5) is 23.0. The summed E-state index contributed by atoms with van der Waals surface area (Å²) < 4.78 is 0. The molecule has 0 aromatic heterocycles. The van der Waals surface area contributed by atoms with Crippen molar-refractivity contribution in [1.82, 2.24) is 0 Å². The third kappa shape index (κ3) is 1.56. The second-order valence-corrected chi connectivity index (χ2v) is 5.30. The van der Waals surface area contributed by atoms with Crippen LogP contribution in [0.3, 0.4) is 0 Å². The minimum atomic E-state index is -1.49. The molecular formula is C17H12O4-2. The molecule has 0 spiro atoms. The summed E-state index contributed by atoms with van der Waals surface area (Å²) in [7, 11) is 0. The minimum absolute atomic E-state index is 0.276. The van der Waals surface area contributed by atoms with Crippen LogP contribution in [0.1, 0.15) is 51.3 Å². The Morgan fingerprint density at radius 1 is 0.905 bits per heavy atom. The Balaban J connectivity index is 2.67. The molecular weight excluding hydrogens is 268 g/mol. The van der Waals surface area contributed by atoms with E-state index >= 15 is 0 Å². The molecule has 1 aliphatic carbocycles. The lowest BCUT2D eigenvalue weighted by Crippen LogP contribution is -2.32. The maximum absolute atomic E-state index is 11.6. The molecule has 0 saturated carbocycles. The maximum atomic E-state index is 11.6. The van der Waals surface area contributed by atoms with Crippen LogP contribution in [0.2, 0.25) is 0 Å². The predicted molar refractivity (Wildman–Crippen MR) is 75.5 cm³/mol. The molecule has 0 N–H and O–H groups in total. The molecule has 0 bridgehead atoms. The Bertz CT molecular complexity index is 872. The lowest BCUT2D eigenvalue weighted by molar-refractivity contribution is -0.259. The van der Waals surface area contributed by atoms with E-state index in [1.165, 1.54) is 0 Å². The largest absolute Gasteiger partial charge is 0.545 e. The van der Waals surface area contributed by atoms with Crippen molar-refractivity contribution < 1.29 is 19.8 Å². The van der Waals surface area contributed by atoms with Crippen molar-refractivity contribution in [2.75, 3.05) is 0 Å². The Hall–Kier alpha value is -2.62. The van der Waals surface area contributed by atoms with Gasteiger partial charge in [0.2, 0.25) is 0 Å². The predicted octanol–water partition coefficient (Wildman–Crippen LogP) is 1.14. The molecule has 0 radical (unpaired) electrons. The molecule has 0 heterocycles. The highest BCUT2D eigenvalue weighted by molar-refractivity contribution is 6.21. The summed E-state index contributed by atoms with van der Waals surface area (Å²) in [5.74, 6) is -2.98. The summed E-state index contributed by atoms with van der Waals surface area (Å²) in [5, 5.41) is 24.5. The van der Waals surface area contributed by atoms with Crippen LogP contribution in [0.5, 0.6) is 0 Å².